The van der Waals surface area contributed by atoms with Crippen LogP contribution in [0.15, 0.2) is 0 Å². The van der Waals surface area contributed by atoms with E-state index in [4.69, 9.17) is 10.9 Å². The van der Waals surface area contributed by atoms with E-state index < -0.39 is 34.4 Å². The predicted octanol–water partition coefficient (Wildman–Crippen LogP) is -0.102. The molecule has 0 aliphatic carbocycles. The van der Waals surface area contributed by atoms with Gasteiger partial charge in [0.2, 0.25) is 0 Å². The van der Waals surface area contributed by atoms with Crippen molar-refractivity contribution in [3.05, 3.63) is 0 Å². The summed E-state index contributed by atoms with van der Waals surface area (Å²) in [5, 5.41) is 9.24. The van der Waals surface area contributed by atoms with Gasteiger partial charge < -0.3 is 5.11 Å². The molecule has 2 amide bonds. The minimum Gasteiger partial charge on any atom is -0.481 e. The van der Waals surface area contributed by atoms with Gasteiger partial charge in [-0.15, -0.1) is 0 Å². The second-order valence-electron chi connectivity index (χ2n) is 5.03. The molecule has 0 radical (unpaired) electrons. The fourth-order valence-electron chi connectivity index (χ4n) is 2.73. The van der Waals surface area contributed by atoms with Crippen LogP contribution < -0.4 is 5.84 Å². The van der Waals surface area contributed by atoms with Crippen molar-refractivity contribution in [3.8, 4) is 0 Å². The molecule has 2 fully saturated rings. The van der Waals surface area contributed by atoms with E-state index in [1.54, 1.807) is 0 Å². The molecule has 0 aromatic heterocycles. The van der Waals surface area contributed by atoms with E-state index in [-0.39, 0.29) is 11.7 Å². The lowest BCUT2D eigenvalue weighted by molar-refractivity contribution is -0.137. The van der Waals surface area contributed by atoms with Crippen molar-refractivity contribution >= 4 is 34.1 Å². The molecule has 2 heterocycles. The minimum atomic E-state index is -4.66. The summed E-state index contributed by atoms with van der Waals surface area (Å²) in [5.41, 5.74) is 0. The standard InChI is InChI=1S/C10H17N3O6S2/c11-12-6-5-20-7(3-1-2-4-8(14)15)9(6)13(10(12)16)21(17,18)19/h6-7,9H,1-5,11H2,(H,14,15)(H,17,18,19)/t6-,7-,9-/m1/s1. The number of rotatable bonds is 6. The zero-order valence-corrected chi connectivity index (χ0v) is 12.7. The van der Waals surface area contributed by atoms with Gasteiger partial charge in [-0.05, 0) is 12.8 Å². The zero-order chi connectivity index (χ0) is 15.8. The molecule has 0 aromatic carbocycles. The maximum absolute atomic E-state index is 11.8. The van der Waals surface area contributed by atoms with Crippen LogP contribution in [-0.4, -0.2) is 62.5 Å². The molecule has 120 valence electrons. The molecule has 21 heavy (non-hydrogen) atoms. The minimum absolute atomic E-state index is 0.0510. The summed E-state index contributed by atoms with van der Waals surface area (Å²) in [5.74, 6) is 5.19. The third-order valence-corrected chi connectivity index (χ3v) is 6.04. The maximum atomic E-state index is 11.8. The number of hydrazine groups is 1. The highest BCUT2D eigenvalue weighted by Gasteiger charge is 2.56. The maximum Gasteiger partial charge on any atom is 0.364 e. The molecule has 9 nitrogen and oxygen atoms in total. The van der Waals surface area contributed by atoms with Gasteiger partial charge in [-0.3, -0.25) is 14.4 Å². The highest BCUT2D eigenvalue weighted by molar-refractivity contribution is 8.00. The predicted molar refractivity (Wildman–Crippen MR) is 74.7 cm³/mol. The first-order valence-electron chi connectivity index (χ1n) is 6.41. The normalized spacial score (nSPS) is 29.0. The molecule has 0 spiro atoms. The fraction of sp³-hybridized carbons (Fsp3) is 0.800. The van der Waals surface area contributed by atoms with Gasteiger partial charge in [-0.25, -0.2) is 10.6 Å². The Balaban J connectivity index is 2.05. The molecule has 2 aliphatic heterocycles. The van der Waals surface area contributed by atoms with Crippen LogP contribution in [0.25, 0.3) is 0 Å². The van der Waals surface area contributed by atoms with Crippen LogP contribution in [-0.2, 0) is 15.1 Å². The van der Waals surface area contributed by atoms with Crippen LogP contribution >= 0.6 is 11.8 Å². The number of carbonyl (C=O) groups excluding carboxylic acids is 1. The molecule has 0 saturated carbocycles. The first kappa shape index (κ1) is 16.3. The SMILES string of the molecule is NN1C(=O)N(S(=O)(=O)O)[C@@H]2[C@H]1CS[C@@H]2CCCCC(=O)O. The number of hydrogen-bond donors (Lipinski definition) is 3. The van der Waals surface area contributed by atoms with Crippen molar-refractivity contribution in [3.63, 3.8) is 0 Å². The summed E-state index contributed by atoms with van der Waals surface area (Å²) in [7, 11) is -4.66. The van der Waals surface area contributed by atoms with Crippen molar-refractivity contribution in [1.29, 1.82) is 0 Å². The monoisotopic (exact) mass is 339 g/mol. The van der Waals surface area contributed by atoms with Gasteiger partial charge in [-0.1, -0.05) is 6.42 Å². The molecular formula is C10H17N3O6S2. The second kappa shape index (κ2) is 5.99. The Hall–Kier alpha value is -1.04. The van der Waals surface area contributed by atoms with Gasteiger partial charge in [0.1, 0.15) is 0 Å². The second-order valence-corrected chi connectivity index (χ2v) is 7.59. The number of hydrogen-bond acceptors (Lipinski definition) is 6. The number of carbonyl (C=O) groups is 2. The quantitative estimate of drug-likeness (QED) is 0.200. The topological polar surface area (TPSA) is 141 Å². The number of amides is 2. The lowest BCUT2D eigenvalue weighted by Crippen LogP contribution is -2.44. The fourth-order valence-corrected chi connectivity index (χ4v) is 5.33. The number of unbranched alkanes of at least 4 members (excludes halogenated alkanes) is 1. The van der Waals surface area contributed by atoms with Crippen molar-refractivity contribution in [1.82, 2.24) is 9.31 Å². The molecule has 2 aliphatic rings. The third kappa shape index (κ3) is 3.25. The Morgan fingerprint density at radius 2 is 2.10 bits per heavy atom. The third-order valence-electron chi connectivity index (χ3n) is 3.67. The van der Waals surface area contributed by atoms with E-state index in [0.717, 1.165) is 5.01 Å². The molecule has 4 N–H and O–H groups in total. The summed E-state index contributed by atoms with van der Waals surface area (Å²) in [6.07, 6.45) is 1.70. The van der Waals surface area contributed by atoms with Crippen LogP contribution in [0.4, 0.5) is 4.79 Å². The number of aliphatic carboxylic acids is 1. The Kier molecular flexibility index (Phi) is 4.66. The zero-order valence-electron chi connectivity index (χ0n) is 11.1. The summed E-state index contributed by atoms with van der Waals surface area (Å²) in [6, 6.07) is -2.09. The first-order chi connectivity index (χ1) is 9.73. The van der Waals surface area contributed by atoms with Crippen molar-refractivity contribution in [2.75, 3.05) is 5.75 Å². The number of carboxylic acids is 1. The number of fused-ring (bicyclic) bond motifs is 1. The summed E-state index contributed by atoms with van der Waals surface area (Å²) in [6.45, 7) is 0. The molecule has 11 heteroatoms. The van der Waals surface area contributed by atoms with Crippen LogP contribution in [0, 0.1) is 0 Å². The molecule has 0 bridgehead atoms. The highest BCUT2D eigenvalue weighted by Crippen LogP contribution is 2.41. The Morgan fingerprint density at radius 1 is 1.43 bits per heavy atom. The number of urea groups is 1. The number of thioether (sulfide) groups is 1. The summed E-state index contributed by atoms with van der Waals surface area (Å²) < 4.78 is 32.4. The van der Waals surface area contributed by atoms with Gasteiger partial charge in [0.25, 0.3) is 0 Å². The first-order valence-corrected chi connectivity index (χ1v) is 8.86. The summed E-state index contributed by atoms with van der Waals surface area (Å²) >= 11 is 1.48. The van der Waals surface area contributed by atoms with Crippen LogP contribution in [0.2, 0.25) is 0 Å². The van der Waals surface area contributed by atoms with Gasteiger partial charge in [0.15, 0.2) is 0 Å². The van der Waals surface area contributed by atoms with Gasteiger partial charge in [0.05, 0.1) is 12.1 Å². The van der Waals surface area contributed by atoms with E-state index in [0.29, 0.717) is 29.3 Å². The molecule has 0 aromatic rings. The van der Waals surface area contributed by atoms with E-state index in [9.17, 15) is 22.6 Å². The number of nitrogens with zero attached hydrogens (tertiary/aromatic N) is 2. The molecular weight excluding hydrogens is 322 g/mol. The van der Waals surface area contributed by atoms with Crippen molar-refractivity contribution in [2.24, 2.45) is 5.84 Å². The van der Waals surface area contributed by atoms with E-state index in [1.807, 2.05) is 0 Å². The van der Waals surface area contributed by atoms with Gasteiger partial charge in [0, 0.05) is 17.4 Å². The average Bonchev–Trinajstić information content (AvgIpc) is 2.85. The number of carboxylic acid groups (broad SMARTS) is 1. The Morgan fingerprint density at radius 3 is 2.67 bits per heavy atom. The lowest BCUT2D eigenvalue weighted by Gasteiger charge is -2.23. The summed E-state index contributed by atoms with van der Waals surface area (Å²) in [4.78, 5) is 22.3. The van der Waals surface area contributed by atoms with E-state index >= 15 is 0 Å². The lowest BCUT2D eigenvalue weighted by atomic mass is 10.0. The molecule has 2 saturated heterocycles. The van der Waals surface area contributed by atoms with E-state index in [1.165, 1.54) is 11.8 Å². The average molecular weight is 339 g/mol. The molecule has 0 unspecified atom stereocenters. The van der Waals surface area contributed by atoms with Gasteiger partial charge in [-0.2, -0.15) is 24.5 Å². The van der Waals surface area contributed by atoms with Crippen LogP contribution in [0.1, 0.15) is 25.7 Å². The van der Waals surface area contributed by atoms with Crippen LogP contribution in [0.3, 0.4) is 0 Å². The Labute approximate surface area is 126 Å². The van der Waals surface area contributed by atoms with Crippen molar-refractivity contribution in [2.45, 2.75) is 43.0 Å². The van der Waals surface area contributed by atoms with E-state index in [2.05, 4.69) is 0 Å². The van der Waals surface area contributed by atoms with Crippen molar-refractivity contribution < 1.29 is 27.7 Å². The van der Waals surface area contributed by atoms with Crippen LogP contribution in [0.5, 0.6) is 0 Å². The Bertz CT molecular complexity index is 539. The molecule has 2 rings (SSSR count). The smallest absolute Gasteiger partial charge is 0.364 e. The highest BCUT2D eigenvalue weighted by atomic mass is 32.2. The number of nitrogens with two attached hydrogens (primary N) is 1. The largest absolute Gasteiger partial charge is 0.481 e. The van der Waals surface area contributed by atoms with Gasteiger partial charge >= 0.3 is 22.3 Å². The molecule has 3 atom stereocenters.